The molecular formula is C20H23N5O6. The fraction of sp³-hybridized carbons (Fsp3) is 0.350. The number of ether oxygens (including phenoxy) is 2. The number of rotatable bonds is 7. The number of nitrogens with one attached hydrogen (secondary N) is 1. The van der Waals surface area contributed by atoms with Crippen molar-refractivity contribution in [2.45, 2.75) is 19.4 Å². The Morgan fingerprint density at radius 1 is 1.13 bits per heavy atom. The van der Waals surface area contributed by atoms with Crippen LogP contribution in [0.1, 0.15) is 23.2 Å². The van der Waals surface area contributed by atoms with Crippen LogP contribution in [0.2, 0.25) is 0 Å². The molecule has 1 N–H and O–H groups in total. The van der Waals surface area contributed by atoms with Gasteiger partial charge in [-0.2, -0.15) is 0 Å². The number of amides is 1. The van der Waals surface area contributed by atoms with Gasteiger partial charge in [-0.05, 0) is 24.6 Å². The Kier molecular flexibility index (Phi) is 6.23. The molecule has 0 aliphatic heterocycles. The molecule has 0 saturated heterocycles. The topological polar surface area (TPSA) is 126 Å². The van der Waals surface area contributed by atoms with Gasteiger partial charge in [0.25, 0.3) is 5.56 Å². The van der Waals surface area contributed by atoms with Gasteiger partial charge in [0.2, 0.25) is 5.91 Å². The molecule has 11 heteroatoms. The highest BCUT2D eigenvalue weighted by molar-refractivity contribution is 6.01. The number of aryl methyl sites for hydroxylation is 2. The van der Waals surface area contributed by atoms with Gasteiger partial charge in [-0.25, -0.2) is 14.6 Å². The Hall–Kier alpha value is -3.89. The first kappa shape index (κ1) is 21.8. The molecule has 3 rings (SSSR count). The number of fused-ring (bicyclic) bond motifs is 1. The van der Waals surface area contributed by atoms with Crippen LogP contribution in [0.4, 0.5) is 5.69 Å². The van der Waals surface area contributed by atoms with Gasteiger partial charge in [0, 0.05) is 27.1 Å². The predicted octanol–water partition coefficient (Wildman–Crippen LogP) is 0.648. The summed E-state index contributed by atoms with van der Waals surface area (Å²) in [5.41, 5.74) is 0.186. The van der Waals surface area contributed by atoms with E-state index in [0.29, 0.717) is 35.6 Å². The average Bonchev–Trinajstić information content (AvgIpc) is 3.20. The minimum atomic E-state index is -0.597. The van der Waals surface area contributed by atoms with Gasteiger partial charge in [-0.1, -0.05) is 0 Å². The molecule has 2 heterocycles. The average molecular weight is 429 g/mol. The number of aromatic nitrogens is 4. The Balaban J connectivity index is 1.71. The van der Waals surface area contributed by atoms with Gasteiger partial charge in [-0.3, -0.25) is 18.7 Å². The molecule has 3 aromatic rings. The van der Waals surface area contributed by atoms with Crippen molar-refractivity contribution >= 4 is 28.7 Å². The lowest BCUT2D eigenvalue weighted by Crippen LogP contribution is -2.37. The van der Waals surface area contributed by atoms with Gasteiger partial charge >= 0.3 is 11.7 Å². The third kappa shape index (κ3) is 4.20. The van der Waals surface area contributed by atoms with Crippen LogP contribution in [0.5, 0.6) is 5.75 Å². The number of carbonyl (C=O) groups excluding carboxylic acids is 2. The molecule has 0 spiro atoms. The van der Waals surface area contributed by atoms with E-state index in [1.807, 2.05) is 0 Å². The highest BCUT2D eigenvalue weighted by Crippen LogP contribution is 2.23. The second-order valence-corrected chi connectivity index (χ2v) is 6.87. The lowest BCUT2D eigenvalue weighted by atomic mass is 10.1. The second-order valence-electron chi connectivity index (χ2n) is 6.87. The van der Waals surface area contributed by atoms with Crippen LogP contribution in [-0.2, 0) is 30.2 Å². The number of imidazole rings is 1. The fourth-order valence-electron chi connectivity index (χ4n) is 3.23. The lowest BCUT2D eigenvalue weighted by Gasteiger charge is -2.11. The van der Waals surface area contributed by atoms with Gasteiger partial charge in [0.1, 0.15) is 5.75 Å². The fourth-order valence-corrected chi connectivity index (χ4v) is 3.23. The van der Waals surface area contributed by atoms with Crippen molar-refractivity contribution in [3.8, 4) is 5.75 Å². The summed E-state index contributed by atoms with van der Waals surface area (Å²) in [7, 11) is 5.67. The summed E-state index contributed by atoms with van der Waals surface area (Å²) in [6, 6.07) is 4.68. The van der Waals surface area contributed by atoms with E-state index in [2.05, 4.69) is 10.3 Å². The monoisotopic (exact) mass is 429 g/mol. The van der Waals surface area contributed by atoms with Crippen LogP contribution in [0.15, 0.2) is 34.1 Å². The number of hydrogen-bond donors (Lipinski definition) is 1. The number of anilines is 1. The van der Waals surface area contributed by atoms with E-state index < -0.39 is 17.2 Å². The zero-order valence-electron chi connectivity index (χ0n) is 17.7. The van der Waals surface area contributed by atoms with Crippen LogP contribution >= 0.6 is 0 Å². The third-order valence-electron chi connectivity index (χ3n) is 4.93. The molecule has 0 saturated carbocycles. The standard InChI is InChI=1S/C20H23N5O6/c1-23-17-16(18(27)24(2)20(23)29)25(11-21-17)9-5-6-15(26)22-14-8-7-12(30-3)10-13(14)19(28)31-4/h7-8,10-11H,5-6,9H2,1-4H3,(H,22,26). The number of carbonyl (C=O) groups is 2. The molecule has 164 valence electrons. The van der Waals surface area contributed by atoms with Crippen LogP contribution in [0.3, 0.4) is 0 Å². The minimum Gasteiger partial charge on any atom is -0.497 e. The summed E-state index contributed by atoms with van der Waals surface area (Å²) < 4.78 is 13.8. The molecule has 0 fully saturated rings. The summed E-state index contributed by atoms with van der Waals surface area (Å²) in [6.07, 6.45) is 2.02. The van der Waals surface area contributed by atoms with Crippen molar-refractivity contribution in [3.63, 3.8) is 0 Å². The third-order valence-corrected chi connectivity index (χ3v) is 4.93. The maximum absolute atomic E-state index is 12.5. The smallest absolute Gasteiger partial charge is 0.340 e. The first-order valence-corrected chi connectivity index (χ1v) is 9.45. The summed E-state index contributed by atoms with van der Waals surface area (Å²) in [5, 5.41) is 2.70. The molecule has 0 bridgehead atoms. The van der Waals surface area contributed by atoms with E-state index >= 15 is 0 Å². The molecule has 1 aromatic carbocycles. The van der Waals surface area contributed by atoms with Gasteiger partial charge in [0.05, 0.1) is 31.8 Å². The summed E-state index contributed by atoms with van der Waals surface area (Å²) in [5.74, 6) is -0.443. The van der Waals surface area contributed by atoms with Gasteiger partial charge < -0.3 is 19.4 Å². The predicted molar refractivity (Wildman–Crippen MR) is 112 cm³/mol. The Morgan fingerprint density at radius 2 is 1.87 bits per heavy atom. The van der Waals surface area contributed by atoms with Crippen molar-refractivity contribution in [1.82, 2.24) is 18.7 Å². The maximum Gasteiger partial charge on any atom is 0.340 e. The zero-order valence-corrected chi connectivity index (χ0v) is 17.7. The number of nitrogens with zero attached hydrogens (tertiary/aromatic N) is 4. The number of esters is 1. The largest absolute Gasteiger partial charge is 0.497 e. The Morgan fingerprint density at radius 3 is 2.55 bits per heavy atom. The van der Waals surface area contributed by atoms with Crippen molar-refractivity contribution in [3.05, 3.63) is 50.9 Å². The number of methoxy groups -OCH3 is 2. The summed E-state index contributed by atoms with van der Waals surface area (Å²) >= 11 is 0. The Bertz CT molecular complexity index is 1270. The zero-order chi connectivity index (χ0) is 22.7. The highest BCUT2D eigenvalue weighted by Gasteiger charge is 2.17. The molecule has 1 amide bonds. The molecule has 31 heavy (non-hydrogen) atoms. The van der Waals surface area contributed by atoms with Crippen molar-refractivity contribution in [2.75, 3.05) is 19.5 Å². The molecule has 0 unspecified atom stereocenters. The first-order valence-electron chi connectivity index (χ1n) is 9.45. The molecule has 11 nitrogen and oxygen atoms in total. The van der Waals surface area contributed by atoms with Crippen LogP contribution in [-0.4, -0.2) is 44.8 Å². The van der Waals surface area contributed by atoms with Crippen LogP contribution in [0, 0.1) is 0 Å². The SMILES string of the molecule is COC(=O)c1cc(OC)ccc1NC(=O)CCCn1cnc2c1c(=O)n(C)c(=O)n2C. The molecular weight excluding hydrogens is 406 g/mol. The normalized spacial score (nSPS) is 10.8. The van der Waals surface area contributed by atoms with E-state index in [0.717, 1.165) is 4.57 Å². The quantitative estimate of drug-likeness (QED) is 0.546. The molecule has 2 aromatic heterocycles. The molecule has 0 radical (unpaired) electrons. The molecule has 0 atom stereocenters. The van der Waals surface area contributed by atoms with E-state index in [4.69, 9.17) is 9.47 Å². The van der Waals surface area contributed by atoms with Crippen molar-refractivity contribution < 1.29 is 19.1 Å². The van der Waals surface area contributed by atoms with Gasteiger partial charge in [0.15, 0.2) is 11.2 Å². The van der Waals surface area contributed by atoms with E-state index in [1.165, 1.54) is 38.2 Å². The van der Waals surface area contributed by atoms with Crippen molar-refractivity contribution in [1.29, 1.82) is 0 Å². The summed E-state index contributed by atoms with van der Waals surface area (Å²) in [4.78, 5) is 53.0. The molecule has 0 aliphatic rings. The minimum absolute atomic E-state index is 0.137. The van der Waals surface area contributed by atoms with E-state index in [1.54, 1.807) is 23.7 Å². The maximum atomic E-state index is 12.5. The Labute approximate surface area is 176 Å². The summed E-state index contributed by atoms with van der Waals surface area (Å²) in [6.45, 7) is 0.351. The van der Waals surface area contributed by atoms with Crippen LogP contribution in [0.25, 0.3) is 11.2 Å². The molecule has 0 aliphatic carbocycles. The van der Waals surface area contributed by atoms with Gasteiger partial charge in [-0.15, -0.1) is 0 Å². The lowest BCUT2D eigenvalue weighted by molar-refractivity contribution is -0.116. The van der Waals surface area contributed by atoms with Crippen molar-refractivity contribution in [2.24, 2.45) is 14.1 Å². The number of hydrogen-bond acceptors (Lipinski definition) is 7. The number of benzene rings is 1. The van der Waals surface area contributed by atoms with Crippen LogP contribution < -0.4 is 21.3 Å². The van der Waals surface area contributed by atoms with E-state index in [9.17, 15) is 19.2 Å². The first-order chi connectivity index (χ1) is 14.8. The highest BCUT2D eigenvalue weighted by atomic mass is 16.5. The second kappa shape index (κ2) is 8.86. The van der Waals surface area contributed by atoms with E-state index in [-0.39, 0.29) is 17.9 Å².